The maximum atomic E-state index is 10.9. The topological polar surface area (TPSA) is 29.5 Å². The highest BCUT2D eigenvalue weighted by Crippen LogP contribution is 2.39. The Balaban J connectivity index is 0. The van der Waals surface area contributed by atoms with Crippen LogP contribution in [-0.4, -0.2) is 11.5 Å². The van der Waals surface area contributed by atoms with Gasteiger partial charge in [0.25, 0.3) is 0 Å². The van der Waals surface area contributed by atoms with Crippen molar-refractivity contribution in [1.82, 2.24) is 0 Å². The van der Waals surface area contributed by atoms with Gasteiger partial charge in [0.1, 0.15) is 0 Å². The molecule has 0 bridgehead atoms. The molecule has 0 aromatic heterocycles. The van der Waals surface area contributed by atoms with Crippen LogP contribution in [0.15, 0.2) is 0 Å². The average molecular weight is 200 g/mol. The number of halogens is 4. The van der Waals surface area contributed by atoms with E-state index >= 15 is 0 Å². The van der Waals surface area contributed by atoms with E-state index in [1.165, 1.54) is 6.92 Å². The summed E-state index contributed by atoms with van der Waals surface area (Å²) in [7, 11) is -6.72. The Morgan fingerprint density at radius 1 is 1.30 bits per heavy atom. The lowest BCUT2D eigenvalue weighted by Crippen LogP contribution is -1.71. The molecule has 0 radical (unpaired) electrons. The summed E-state index contributed by atoms with van der Waals surface area (Å²) in [5, 5.41) is 0. The van der Waals surface area contributed by atoms with Crippen LogP contribution in [0, 0.1) is 0 Å². The first-order valence-corrected chi connectivity index (χ1v) is 4.17. The van der Waals surface area contributed by atoms with Gasteiger partial charge in [0, 0.05) is 0 Å². The van der Waals surface area contributed by atoms with Crippen molar-refractivity contribution in [3.8, 4) is 0 Å². The zero-order chi connectivity index (χ0) is 8.57. The van der Waals surface area contributed by atoms with Crippen molar-refractivity contribution in [3.05, 3.63) is 0 Å². The van der Waals surface area contributed by atoms with Gasteiger partial charge in [-0.1, -0.05) is 0 Å². The Bertz CT molecular complexity index is 60.5. The smallest absolute Gasteiger partial charge is 0.321 e. The molecule has 0 aliphatic heterocycles. The molecule has 0 saturated heterocycles. The van der Waals surface area contributed by atoms with Crippen molar-refractivity contribution in [1.29, 1.82) is 0 Å². The quantitative estimate of drug-likeness (QED) is 0.547. The Hall–Kier alpha value is 0.500. The third-order valence-corrected chi connectivity index (χ3v) is 0.680. The SMILES string of the molecule is CCOP(F)F.OP(F)F. The lowest BCUT2D eigenvalue weighted by atomic mass is 10.9. The predicted octanol–water partition coefficient (Wildman–Crippen LogP) is 3.33. The van der Waals surface area contributed by atoms with E-state index in [2.05, 4.69) is 4.52 Å². The molecule has 10 heavy (non-hydrogen) atoms. The number of hydrogen-bond acceptors (Lipinski definition) is 2. The fraction of sp³-hybridized carbons (Fsp3) is 1.00. The first kappa shape index (κ1) is 13.1. The predicted molar refractivity (Wildman–Crippen MR) is 32.1 cm³/mol. The maximum absolute atomic E-state index is 10.9. The highest BCUT2D eigenvalue weighted by Gasteiger charge is 1.98. The Labute approximate surface area is 58.3 Å². The van der Waals surface area contributed by atoms with Gasteiger partial charge in [-0.2, -0.15) is 16.8 Å². The third-order valence-electron chi connectivity index (χ3n) is 0.227. The first-order chi connectivity index (χ1) is 4.50. The minimum absolute atomic E-state index is 0.110. The molecule has 0 aliphatic rings. The van der Waals surface area contributed by atoms with Gasteiger partial charge in [-0.25, -0.2) is 0 Å². The van der Waals surface area contributed by atoms with Gasteiger partial charge >= 0.3 is 17.5 Å². The van der Waals surface area contributed by atoms with Crippen molar-refractivity contribution in [2.75, 3.05) is 6.61 Å². The monoisotopic (exact) mass is 200 g/mol. The molecule has 2 nitrogen and oxygen atoms in total. The van der Waals surface area contributed by atoms with E-state index in [9.17, 15) is 16.8 Å². The molecule has 0 atom stereocenters. The molecule has 0 unspecified atom stereocenters. The van der Waals surface area contributed by atoms with Crippen molar-refractivity contribution in [2.24, 2.45) is 0 Å². The van der Waals surface area contributed by atoms with E-state index in [1.807, 2.05) is 0 Å². The van der Waals surface area contributed by atoms with Gasteiger partial charge in [-0.05, 0) is 6.92 Å². The lowest BCUT2D eigenvalue weighted by molar-refractivity contribution is 0.329. The van der Waals surface area contributed by atoms with Crippen molar-refractivity contribution in [2.45, 2.75) is 6.92 Å². The molecule has 0 rings (SSSR count). The Morgan fingerprint density at radius 2 is 1.60 bits per heavy atom. The molecule has 64 valence electrons. The summed E-state index contributed by atoms with van der Waals surface area (Å²) in [5.41, 5.74) is 0. The number of hydrogen-bond donors (Lipinski definition) is 1. The first-order valence-electron chi connectivity index (χ1n) is 2.05. The van der Waals surface area contributed by atoms with Gasteiger partial charge in [-0.15, -0.1) is 0 Å². The molecular formula is C2H6F4O2P2. The second-order valence-corrected chi connectivity index (χ2v) is 1.93. The van der Waals surface area contributed by atoms with E-state index in [4.69, 9.17) is 4.89 Å². The van der Waals surface area contributed by atoms with Crippen LogP contribution in [0.5, 0.6) is 0 Å². The lowest BCUT2D eigenvalue weighted by Gasteiger charge is -1.89. The van der Waals surface area contributed by atoms with Gasteiger partial charge < -0.3 is 9.42 Å². The molecule has 1 N–H and O–H groups in total. The summed E-state index contributed by atoms with van der Waals surface area (Å²) < 4.78 is 45.4. The summed E-state index contributed by atoms with van der Waals surface area (Å²) in [4.78, 5) is 6.79. The van der Waals surface area contributed by atoms with Crippen LogP contribution in [0.25, 0.3) is 0 Å². The molecule has 0 aromatic rings. The van der Waals surface area contributed by atoms with Gasteiger partial charge in [0.15, 0.2) is 0 Å². The second kappa shape index (κ2) is 9.50. The van der Waals surface area contributed by atoms with Gasteiger partial charge in [-0.3, -0.25) is 0 Å². The average Bonchev–Trinajstić information content (AvgIpc) is 1.62. The van der Waals surface area contributed by atoms with E-state index in [0.29, 0.717) is 0 Å². The molecular weight excluding hydrogens is 194 g/mol. The van der Waals surface area contributed by atoms with E-state index < -0.39 is 17.5 Å². The highest BCUT2D eigenvalue weighted by molar-refractivity contribution is 7.40. The summed E-state index contributed by atoms with van der Waals surface area (Å²) in [6, 6.07) is 0. The molecule has 0 saturated carbocycles. The Kier molecular flexibility index (Phi) is 12.5. The van der Waals surface area contributed by atoms with Crippen LogP contribution in [0.1, 0.15) is 6.92 Å². The summed E-state index contributed by atoms with van der Waals surface area (Å²) in [5.74, 6) is 0. The molecule has 0 aromatic carbocycles. The standard InChI is InChI=1S/C2H5F2OP.F2HOP/c1-2-5-6(3)4;1-4(2)3/h2H2,1H3;3H. The fourth-order valence-electron chi connectivity index (χ4n) is 0.0976. The minimum Gasteiger partial charge on any atom is -0.321 e. The Morgan fingerprint density at radius 3 is 1.60 bits per heavy atom. The molecule has 0 aliphatic carbocycles. The normalized spacial score (nSPS) is 9.60. The zero-order valence-electron chi connectivity index (χ0n) is 4.97. The van der Waals surface area contributed by atoms with Crippen molar-refractivity contribution in [3.63, 3.8) is 0 Å². The molecule has 0 amide bonds. The number of rotatable bonds is 2. The fourth-order valence-corrected chi connectivity index (χ4v) is 0.293. The van der Waals surface area contributed by atoms with Gasteiger partial charge in [0.2, 0.25) is 0 Å². The van der Waals surface area contributed by atoms with Crippen molar-refractivity contribution < 1.29 is 26.2 Å². The summed E-state index contributed by atoms with van der Waals surface area (Å²) in [6.07, 6.45) is 0. The summed E-state index contributed by atoms with van der Waals surface area (Å²) in [6.45, 7) is 1.65. The van der Waals surface area contributed by atoms with Crippen LogP contribution in [0.2, 0.25) is 0 Å². The highest BCUT2D eigenvalue weighted by atomic mass is 31.2. The van der Waals surface area contributed by atoms with Crippen LogP contribution in [0.4, 0.5) is 16.8 Å². The van der Waals surface area contributed by atoms with E-state index in [1.54, 1.807) is 0 Å². The minimum atomic E-state index is -3.62. The van der Waals surface area contributed by atoms with E-state index in [-0.39, 0.29) is 6.61 Å². The van der Waals surface area contributed by atoms with Crippen molar-refractivity contribution >= 4 is 17.5 Å². The summed E-state index contributed by atoms with van der Waals surface area (Å²) >= 11 is 0. The molecule has 0 spiro atoms. The van der Waals surface area contributed by atoms with Crippen LogP contribution in [-0.2, 0) is 4.52 Å². The van der Waals surface area contributed by atoms with Crippen LogP contribution >= 0.6 is 17.5 Å². The largest absolute Gasteiger partial charge is 0.415 e. The van der Waals surface area contributed by atoms with E-state index in [0.717, 1.165) is 0 Å². The molecule has 0 fully saturated rings. The maximum Gasteiger partial charge on any atom is 0.415 e. The van der Waals surface area contributed by atoms with Crippen LogP contribution < -0.4 is 0 Å². The van der Waals surface area contributed by atoms with Crippen LogP contribution in [0.3, 0.4) is 0 Å². The molecule has 8 heteroatoms. The third kappa shape index (κ3) is 39.0. The van der Waals surface area contributed by atoms with Gasteiger partial charge in [0.05, 0.1) is 6.61 Å². The zero-order valence-corrected chi connectivity index (χ0v) is 6.76. The second-order valence-electron chi connectivity index (χ2n) is 0.835. The molecule has 0 heterocycles.